The number of hydrogen-bond donors (Lipinski definition) is 0. The van der Waals surface area contributed by atoms with E-state index in [2.05, 4.69) is 9.80 Å². The molecule has 0 aliphatic carbocycles. The molecule has 156 valence electrons. The molecule has 4 nitrogen and oxygen atoms in total. The van der Waals surface area contributed by atoms with Crippen LogP contribution in [-0.4, -0.2) is 62.3 Å². The smallest absolute Gasteiger partial charge is 0.119 e. The van der Waals surface area contributed by atoms with Gasteiger partial charge in [-0.1, -0.05) is 29.8 Å². The topological polar surface area (TPSA) is 24.9 Å². The summed E-state index contributed by atoms with van der Waals surface area (Å²) in [4.78, 5) is 4.92. The van der Waals surface area contributed by atoms with Gasteiger partial charge in [0.25, 0.3) is 0 Å². The number of piperazine rings is 1. The molecule has 0 saturated carbocycles. The fourth-order valence-corrected chi connectivity index (χ4v) is 3.16. The van der Waals surface area contributed by atoms with Crippen LogP contribution >= 0.6 is 36.4 Å². The van der Waals surface area contributed by atoms with Crippen molar-refractivity contribution in [3.63, 3.8) is 0 Å². The molecule has 1 aliphatic rings. The fourth-order valence-electron chi connectivity index (χ4n) is 3.05. The van der Waals surface area contributed by atoms with E-state index in [-0.39, 0.29) is 24.8 Å². The van der Waals surface area contributed by atoms with E-state index >= 15 is 0 Å². The minimum Gasteiger partial charge on any atom is -0.492 e. The zero-order valence-corrected chi connectivity index (χ0v) is 18.6. The van der Waals surface area contributed by atoms with E-state index in [1.54, 1.807) is 0 Å². The molecule has 0 aromatic heterocycles. The quantitative estimate of drug-likeness (QED) is 0.592. The molecule has 2 aromatic carbocycles. The van der Waals surface area contributed by atoms with Crippen molar-refractivity contribution in [3.8, 4) is 11.5 Å². The molecule has 7 heteroatoms. The lowest BCUT2D eigenvalue weighted by Crippen LogP contribution is -2.48. The zero-order chi connectivity index (χ0) is 18.2. The second-order valence-electron chi connectivity index (χ2n) is 6.60. The second-order valence-corrected chi connectivity index (χ2v) is 7.01. The summed E-state index contributed by atoms with van der Waals surface area (Å²) in [5.41, 5.74) is 1.05. The molecule has 1 saturated heterocycles. The van der Waals surface area contributed by atoms with E-state index in [4.69, 9.17) is 21.1 Å². The molecule has 0 spiro atoms. The van der Waals surface area contributed by atoms with Crippen molar-refractivity contribution in [2.45, 2.75) is 6.92 Å². The summed E-state index contributed by atoms with van der Waals surface area (Å²) in [5.74, 6) is 1.84. The van der Waals surface area contributed by atoms with Crippen LogP contribution in [0.5, 0.6) is 11.5 Å². The molecule has 1 aliphatic heterocycles. The Balaban J connectivity index is 0.00000196. The van der Waals surface area contributed by atoms with Gasteiger partial charge in [-0.15, -0.1) is 24.8 Å². The van der Waals surface area contributed by atoms with E-state index in [0.717, 1.165) is 68.0 Å². The summed E-state index contributed by atoms with van der Waals surface area (Å²) in [5, 5.41) is 0.782. The normalized spacial score (nSPS) is 14.6. The largest absolute Gasteiger partial charge is 0.492 e. The van der Waals surface area contributed by atoms with Crippen LogP contribution in [-0.2, 0) is 0 Å². The molecule has 0 unspecified atom stereocenters. The van der Waals surface area contributed by atoms with Crippen molar-refractivity contribution >= 4 is 36.4 Å². The lowest BCUT2D eigenvalue weighted by Gasteiger charge is -2.34. The predicted molar refractivity (Wildman–Crippen MR) is 121 cm³/mol. The number of aryl methyl sites for hydroxylation is 1. The molecule has 0 bridgehead atoms. The lowest BCUT2D eigenvalue weighted by molar-refractivity contribution is 0.105. The van der Waals surface area contributed by atoms with Gasteiger partial charge in [0, 0.05) is 44.3 Å². The fraction of sp³-hybridized carbons (Fsp3) is 0.429. The van der Waals surface area contributed by atoms with Crippen molar-refractivity contribution in [1.82, 2.24) is 9.80 Å². The minimum atomic E-state index is 0. The lowest BCUT2D eigenvalue weighted by atomic mass is 10.2. The molecule has 0 N–H and O–H groups in total. The van der Waals surface area contributed by atoms with Gasteiger partial charge in [0.2, 0.25) is 0 Å². The van der Waals surface area contributed by atoms with Gasteiger partial charge in [0.05, 0.1) is 0 Å². The van der Waals surface area contributed by atoms with Crippen LogP contribution in [0.4, 0.5) is 0 Å². The predicted octanol–water partition coefficient (Wildman–Crippen LogP) is 4.57. The first-order chi connectivity index (χ1) is 12.7. The van der Waals surface area contributed by atoms with Gasteiger partial charge >= 0.3 is 0 Å². The van der Waals surface area contributed by atoms with E-state index in [1.165, 1.54) is 0 Å². The van der Waals surface area contributed by atoms with Gasteiger partial charge in [0.15, 0.2) is 0 Å². The Bertz CT molecular complexity index is 681. The Morgan fingerprint density at radius 1 is 0.786 bits per heavy atom. The maximum atomic E-state index is 6.04. The minimum absolute atomic E-state index is 0. The summed E-state index contributed by atoms with van der Waals surface area (Å²) < 4.78 is 11.6. The summed E-state index contributed by atoms with van der Waals surface area (Å²) in [6.45, 7) is 9.69. The Morgan fingerprint density at radius 2 is 1.32 bits per heavy atom. The highest BCUT2D eigenvalue weighted by Gasteiger charge is 2.16. The first-order valence-corrected chi connectivity index (χ1v) is 9.60. The molecule has 0 amide bonds. The van der Waals surface area contributed by atoms with Crippen molar-refractivity contribution in [1.29, 1.82) is 0 Å². The van der Waals surface area contributed by atoms with Gasteiger partial charge in [0.1, 0.15) is 24.7 Å². The van der Waals surface area contributed by atoms with Gasteiger partial charge in [-0.05, 0) is 42.8 Å². The van der Waals surface area contributed by atoms with Gasteiger partial charge < -0.3 is 9.47 Å². The summed E-state index contributed by atoms with van der Waals surface area (Å²) >= 11 is 6.04. The number of para-hydroxylation sites is 1. The van der Waals surface area contributed by atoms with Crippen LogP contribution < -0.4 is 9.47 Å². The van der Waals surface area contributed by atoms with E-state index in [9.17, 15) is 0 Å². The molecule has 0 radical (unpaired) electrons. The Hall–Kier alpha value is -1.17. The van der Waals surface area contributed by atoms with E-state index in [1.807, 2.05) is 55.5 Å². The molecule has 1 heterocycles. The third-order valence-corrected chi connectivity index (χ3v) is 5.11. The Morgan fingerprint density at radius 3 is 1.86 bits per heavy atom. The van der Waals surface area contributed by atoms with Gasteiger partial charge in [-0.25, -0.2) is 0 Å². The third-order valence-electron chi connectivity index (χ3n) is 4.69. The van der Waals surface area contributed by atoms with Crippen LogP contribution in [0, 0.1) is 6.92 Å². The van der Waals surface area contributed by atoms with Crippen molar-refractivity contribution < 1.29 is 9.47 Å². The first kappa shape index (κ1) is 24.9. The zero-order valence-electron chi connectivity index (χ0n) is 16.2. The number of rotatable bonds is 8. The van der Waals surface area contributed by atoms with Gasteiger partial charge in [-0.2, -0.15) is 0 Å². The second kappa shape index (κ2) is 13.1. The van der Waals surface area contributed by atoms with E-state index in [0.29, 0.717) is 6.61 Å². The van der Waals surface area contributed by atoms with Crippen molar-refractivity contribution in [2.75, 3.05) is 52.5 Å². The van der Waals surface area contributed by atoms with Crippen LogP contribution in [0.25, 0.3) is 0 Å². The molecular weight excluding hydrogens is 419 g/mol. The molecule has 2 aromatic rings. The maximum absolute atomic E-state index is 6.04. The molecular formula is C21H29Cl3N2O2. The number of halogens is 3. The highest BCUT2D eigenvalue weighted by Crippen LogP contribution is 2.21. The molecule has 0 atom stereocenters. The summed E-state index contributed by atoms with van der Waals surface area (Å²) in [6.07, 6.45) is 0. The Labute approximate surface area is 185 Å². The van der Waals surface area contributed by atoms with Gasteiger partial charge in [-0.3, -0.25) is 9.80 Å². The molecule has 28 heavy (non-hydrogen) atoms. The maximum Gasteiger partial charge on any atom is 0.119 e. The number of ether oxygens (including phenoxy) is 2. The third kappa shape index (κ3) is 8.06. The number of hydrogen-bond acceptors (Lipinski definition) is 4. The Kier molecular flexibility index (Phi) is 11.7. The monoisotopic (exact) mass is 446 g/mol. The van der Waals surface area contributed by atoms with Crippen molar-refractivity contribution in [3.05, 3.63) is 59.1 Å². The highest BCUT2D eigenvalue weighted by molar-refractivity contribution is 6.31. The van der Waals surface area contributed by atoms with Crippen molar-refractivity contribution in [2.24, 2.45) is 0 Å². The van der Waals surface area contributed by atoms with E-state index < -0.39 is 0 Å². The summed E-state index contributed by atoms with van der Waals surface area (Å²) in [7, 11) is 0. The number of nitrogens with zero attached hydrogens (tertiary/aromatic N) is 2. The van der Waals surface area contributed by atoms with Crippen LogP contribution in [0.1, 0.15) is 5.56 Å². The SMILES string of the molecule is Cc1cc(OCCN2CCN(CCOc3ccccc3)CC2)ccc1Cl.Cl.Cl. The molecule has 3 rings (SSSR count). The average Bonchev–Trinajstić information content (AvgIpc) is 2.67. The van der Waals surface area contributed by atoms with Crippen LogP contribution in [0.3, 0.4) is 0 Å². The standard InChI is InChI=1S/C21H27ClN2O2.2ClH/c1-18-17-20(7-8-21(18)22)26-16-14-24-11-9-23(10-12-24)13-15-25-19-5-3-2-4-6-19;;/h2-8,17H,9-16H2,1H3;2*1H. The van der Waals surface area contributed by atoms with Crippen LogP contribution in [0.2, 0.25) is 5.02 Å². The first-order valence-electron chi connectivity index (χ1n) is 9.22. The highest BCUT2D eigenvalue weighted by atomic mass is 35.5. The molecule has 1 fully saturated rings. The average molecular weight is 448 g/mol. The van der Waals surface area contributed by atoms with Crippen LogP contribution in [0.15, 0.2) is 48.5 Å². The summed E-state index contributed by atoms with van der Waals surface area (Å²) in [6, 6.07) is 15.8. The number of benzene rings is 2.